The summed E-state index contributed by atoms with van der Waals surface area (Å²) in [5, 5.41) is 24.1. The molecule has 2 aliphatic rings. The van der Waals surface area contributed by atoms with Crippen molar-refractivity contribution in [2.45, 2.75) is 35.1 Å². The minimum atomic E-state index is -2.20. The molecule has 0 bridgehead atoms. The summed E-state index contributed by atoms with van der Waals surface area (Å²) in [5.41, 5.74) is -3.65. The van der Waals surface area contributed by atoms with E-state index in [0.717, 1.165) is 4.90 Å². The summed E-state index contributed by atoms with van der Waals surface area (Å²) in [6, 6.07) is 9.68. The number of hydrogen-bond donors (Lipinski definition) is 3. The summed E-state index contributed by atoms with van der Waals surface area (Å²) in [7, 11) is 0. The summed E-state index contributed by atoms with van der Waals surface area (Å²) in [6.45, 7) is -0.741. The second-order valence-corrected chi connectivity index (χ2v) is 13.4. The predicted octanol–water partition coefficient (Wildman–Crippen LogP) is 4.97. The van der Waals surface area contributed by atoms with Gasteiger partial charge in [-0.1, -0.05) is 76.7 Å². The highest BCUT2D eigenvalue weighted by Crippen LogP contribution is 2.60. The van der Waals surface area contributed by atoms with Crippen LogP contribution in [0, 0.1) is 10.8 Å². The number of nitrogens with zero attached hydrogens (tertiary/aromatic N) is 1. The molecule has 0 spiro atoms. The van der Waals surface area contributed by atoms with Gasteiger partial charge in [0, 0.05) is 23.4 Å². The fourth-order valence-electron chi connectivity index (χ4n) is 6.19. The second-order valence-electron chi connectivity index (χ2n) is 10.5. The van der Waals surface area contributed by atoms with E-state index in [4.69, 9.17) is 51.1 Å². The molecule has 2 aliphatic heterocycles. The number of carboxylic acid groups (broad SMARTS) is 2. The van der Waals surface area contributed by atoms with Crippen LogP contribution in [0.5, 0.6) is 0 Å². The Morgan fingerprint density at radius 1 is 1.00 bits per heavy atom. The largest absolute Gasteiger partial charge is 0.481 e. The molecule has 2 amide bonds. The number of halogens is 5. The first-order valence-corrected chi connectivity index (χ1v) is 14.3. The summed E-state index contributed by atoms with van der Waals surface area (Å²) in [4.78, 5) is 52.6. The molecular weight excluding hydrogens is 637 g/mol. The van der Waals surface area contributed by atoms with Gasteiger partial charge in [-0.05, 0) is 30.7 Å². The van der Waals surface area contributed by atoms with E-state index in [0.29, 0.717) is 0 Å². The molecule has 5 atom stereocenters. The van der Waals surface area contributed by atoms with Crippen LogP contribution >= 0.6 is 46.4 Å². The fourth-order valence-corrected chi connectivity index (χ4v) is 7.10. The molecule has 226 valence electrons. The molecule has 0 radical (unpaired) electrons. The Morgan fingerprint density at radius 3 is 2.07 bits per heavy atom. The van der Waals surface area contributed by atoms with E-state index < -0.39 is 76.1 Å². The van der Waals surface area contributed by atoms with Crippen LogP contribution in [0.25, 0.3) is 0 Å². The van der Waals surface area contributed by atoms with E-state index in [2.05, 4.69) is 5.32 Å². The first-order valence-electron chi connectivity index (χ1n) is 12.8. The molecule has 2 heterocycles. The number of aliphatic carboxylic acids is 2. The zero-order valence-corrected chi connectivity index (χ0v) is 25.2. The van der Waals surface area contributed by atoms with Crippen molar-refractivity contribution in [2.24, 2.45) is 10.8 Å². The van der Waals surface area contributed by atoms with Gasteiger partial charge in [0.2, 0.25) is 0 Å². The van der Waals surface area contributed by atoms with Crippen LogP contribution < -0.4 is 5.32 Å². The maximum atomic E-state index is 14.6. The third-order valence-electron chi connectivity index (χ3n) is 8.21. The molecule has 42 heavy (non-hydrogen) atoms. The summed E-state index contributed by atoms with van der Waals surface area (Å²) < 4.78 is 18.2. The van der Waals surface area contributed by atoms with Crippen LogP contribution in [0.15, 0.2) is 48.5 Å². The van der Waals surface area contributed by atoms with Gasteiger partial charge < -0.3 is 20.3 Å². The second kappa shape index (κ2) is 12.3. The fraction of sp³-hybridized carbons (Fsp3) is 0.429. The van der Waals surface area contributed by atoms with Crippen LogP contribution in [-0.4, -0.2) is 81.2 Å². The predicted molar refractivity (Wildman–Crippen MR) is 154 cm³/mol. The van der Waals surface area contributed by atoms with Crippen LogP contribution in [0.4, 0.5) is 4.39 Å². The number of alkyl halides is 4. The number of ether oxygens (including phenoxy) is 1. The van der Waals surface area contributed by atoms with Crippen LogP contribution in [0.1, 0.15) is 45.5 Å². The Hall–Kier alpha value is -2.47. The Kier molecular flexibility index (Phi) is 9.47. The van der Waals surface area contributed by atoms with E-state index in [1.54, 1.807) is 24.3 Å². The number of fused-ring (bicyclic) bond motifs is 1. The van der Waals surface area contributed by atoms with Gasteiger partial charge in [0.25, 0.3) is 11.8 Å². The zero-order valence-electron chi connectivity index (χ0n) is 22.2. The zero-order chi connectivity index (χ0) is 31.0. The molecule has 5 unspecified atom stereocenters. The maximum Gasteiger partial charge on any atom is 0.312 e. The van der Waals surface area contributed by atoms with E-state index >= 15 is 0 Å². The lowest BCUT2D eigenvalue weighted by atomic mass is 9.51. The molecule has 2 aromatic carbocycles. The molecule has 4 rings (SSSR count). The van der Waals surface area contributed by atoms with Crippen LogP contribution in [0.2, 0.25) is 5.02 Å². The number of imide groups is 1. The van der Waals surface area contributed by atoms with Crippen LogP contribution in [0.3, 0.4) is 0 Å². The smallest absolute Gasteiger partial charge is 0.312 e. The lowest BCUT2D eigenvalue weighted by Gasteiger charge is -2.57. The number of benzene rings is 2. The number of amides is 2. The van der Waals surface area contributed by atoms with Crippen molar-refractivity contribution in [2.75, 3.05) is 26.4 Å². The average molecular weight is 664 g/mol. The standard InChI is InChI=1S/C28H27Cl4FN2O7/c1-26(24(38)39)19(12-33)34-20(13-42-11-10-35-22(36)15-6-2-3-7-16(15)23(35)37)27(25(40)41,14-28(30,31)32)21(26)17-8-4-5-9-18(17)29/h2-9,19-21,34H,10-14H2,1H3,(H,38,39)(H,40,41). The van der Waals surface area contributed by atoms with Crippen molar-refractivity contribution in [3.63, 3.8) is 0 Å². The number of rotatable bonds is 10. The van der Waals surface area contributed by atoms with Gasteiger partial charge >= 0.3 is 11.9 Å². The molecule has 2 aromatic rings. The number of carboxylic acids is 2. The third-order valence-corrected chi connectivity index (χ3v) is 8.95. The van der Waals surface area contributed by atoms with E-state index in [-0.39, 0.29) is 34.9 Å². The lowest BCUT2D eigenvalue weighted by molar-refractivity contribution is -0.175. The molecule has 9 nitrogen and oxygen atoms in total. The van der Waals surface area contributed by atoms with Crippen molar-refractivity contribution in [1.29, 1.82) is 0 Å². The van der Waals surface area contributed by atoms with Crippen molar-refractivity contribution < 1.29 is 38.5 Å². The molecule has 3 N–H and O–H groups in total. The topological polar surface area (TPSA) is 133 Å². The van der Waals surface area contributed by atoms with Gasteiger partial charge in [-0.25, -0.2) is 4.39 Å². The maximum absolute atomic E-state index is 14.6. The van der Waals surface area contributed by atoms with Gasteiger partial charge in [0.1, 0.15) is 6.67 Å². The average Bonchev–Trinajstić information content (AvgIpc) is 3.16. The Bertz CT molecular complexity index is 1370. The summed E-state index contributed by atoms with van der Waals surface area (Å²) >= 11 is 25.1. The van der Waals surface area contributed by atoms with Gasteiger partial charge in [-0.2, -0.15) is 0 Å². The summed E-state index contributed by atoms with van der Waals surface area (Å²) in [5.74, 6) is -5.51. The molecule has 1 saturated heterocycles. The van der Waals surface area contributed by atoms with E-state index in [9.17, 15) is 33.8 Å². The Balaban J connectivity index is 1.72. The first kappa shape index (κ1) is 32.4. The highest BCUT2D eigenvalue weighted by molar-refractivity contribution is 6.67. The van der Waals surface area contributed by atoms with Crippen LogP contribution in [-0.2, 0) is 14.3 Å². The molecule has 0 aliphatic carbocycles. The van der Waals surface area contributed by atoms with Crippen molar-refractivity contribution in [1.82, 2.24) is 10.2 Å². The van der Waals surface area contributed by atoms with E-state index in [1.807, 2.05) is 0 Å². The monoisotopic (exact) mass is 662 g/mol. The third kappa shape index (κ3) is 5.60. The SMILES string of the molecule is CC1(C(=O)O)C(CF)NC(COCCN2C(=O)c3ccccc3C2=O)C(CC(Cl)(Cl)Cl)(C(=O)O)C1c1ccccc1Cl. The lowest BCUT2D eigenvalue weighted by Crippen LogP contribution is -2.72. The number of hydrogen-bond acceptors (Lipinski definition) is 6. The number of nitrogens with one attached hydrogen (secondary N) is 1. The van der Waals surface area contributed by atoms with Crippen molar-refractivity contribution in [3.05, 3.63) is 70.2 Å². The Morgan fingerprint density at radius 2 is 1.57 bits per heavy atom. The summed E-state index contributed by atoms with van der Waals surface area (Å²) in [6.07, 6.45) is -0.697. The minimum Gasteiger partial charge on any atom is -0.481 e. The minimum absolute atomic E-state index is 0.0507. The number of carbonyl (C=O) groups is 4. The molecule has 0 saturated carbocycles. The molecule has 14 heteroatoms. The highest BCUT2D eigenvalue weighted by atomic mass is 35.6. The van der Waals surface area contributed by atoms with Crippen molar-refractivity contribution >= 4 is 70.2 Å². The number of piperidine rings is 1. The number of carbonyl (C=O) groups excluding carboxylic acids is 2. The van der Waals surface area contributed by atoms with E-state index in [1.165, 1.54) is 31.2 Å². The van der Waals surface area contributed by atoms with Gasteiger partial charge in [0.15, 0.2) is 3.79 Å². The highest BCUT2D eigenvalue weighted by Gasteiger charge is 2.68. The first-order chi connectivity index (χ1) is 19.7. The quantitative estimate of drug-likeness (QED) is 0.184. The van der Waals surface area contributed by atoms with Gasteiger partial charge in [-0.3, -0.25) is 24.1 Å². The molecule has 0 aromatic heterocycles. The van der Waals surface area contributed by atoms with Crippen molar-refractivity contribution in [3.8, 4) is 0 Å². The molecular formula is C28H27Cl4FN2O7. The van der Waals surface area contributed by atoms with Gasteiger partial charge in [-0.15, -0.1) is 0 Å². The molecule has 1 fully saturated rings. The normalized spacial score (nSPS) is 27.7. The Labute approximate surface area is 260 Å². The van der Waals surface area contributed by atoms with Gasteiger partial charge in [0.05, 0.1) is 47.8 Å².